The summed E-state index contributed by atoms with van der Waals surface area (Å²) < 4.78 is 0. The van der Waals surface area contributed by atoms with Crippen molar-refractivity contribution < 1.29 is 9.59 Å². The minimum atomic E-state index is -0.250. The predicted molar refractivity (Wildman–Crippen MR) is 111 cm³/mol. The molecule has 0 radical (unpaired) electrons. The molecule has 28 heavy (non-hydrogen) atoms. The first-order valence-corrected chi connectivity index (χ1v) is 10.6. The van der Waals surface area contributed by atoms with E-state index in [1.165, 1.54) is 11.3 Å². The number of piperidine rings is 1. The first-order chi connectivity index (χ1) is 13.5. The number of para-hydroxylation sites is 1. The summed E-state index contributed by atoms with van der Waals surface area (Å²) in [5, 5.41) is 15.4. The number of likely N-dealkylation sites (tertiary alicyclic amines) is 1. The molecule has 0 saturated carbocycles. The van der Waals surface area contributed by atoms with Gasteiger partial charge in [0.1, 0.15) is 5.01 Å². The Bertz CT molecular complexity index is 838. The molecule has 2 heterocycles. The number of aryl methyl sites for hydroxylation is 1. The van der Waals surface area contributed by atoms with Crippen molar-refractivity contribution in [3.8, 4) is 0 Å². The van der Waals surface area contributed by atoms with Crippen LogP contribution in [0.1, 0.15) is 59.4 Å². The standard InChI is InChI=1S/C20H27N5O2S/c1-4-14(3)21-20(27)25-11-7-9-15(12-25)18-23-24-19(28-18)17(26)22-16-10-6-5-8-13(16)2/h5-6,8,10,14-15H,4,7,9,11-12H2,1-3H3,(H,21,27)(H,22,26)/t14-,15+/m1/s1. The zero-order valence-electron chi connectivity index (χ0n) is 16.6. The molecule has 1 aromatic heterocycles. The number of hydrogen-bond acceptors (Lipinski definition) is 5. The number of aromatic nitrogens is 2. The van der Waals surface area contributed by atoms with Crippen molar-refractivity contribution in [3.05, 3.63) is 39.8 Å². The molecule has 7 nitrogen and oxygen atoms in total. The van der Waals surface area contributed by atoms with Gasteiger partial charge in [0.05, 0.1) is 0 Å². The number of urea groups is 1. The fraction of sp³-hybridized carbons (Fsp3) is 0.500. The summed E-state index contributed by atoms with van der Waals surface area (Å²) in [6.45, 7) is 7.36. The number of rotatable bonds is 5. The van der Waals surface area contributed by atoms with E-state index < -0.39 is 0 Å². The van der Waals surface area contributed by atoms with Crippen LogP contribution in [0.2, 0.25) is 0 Å². The highest BCUT2D eigenvalue weighted by molar-refractivity contribution is 7.13. The molecule has 3 rings (SSSR count). The number of hydrogen-bond donors (Lipinski definition) is 2. The predicted octanol–water partition coefficient (Wildman–Crippen LogP) is 3.79. The lowest BCUT2D eigenvalue weighted by Crippen LogP contribution is -2.47. The van der Waals surface area contributed by atoms with Gasteiger partial charge in [-0.15, -0.1) is 10.2 Å². The molecule has 2 aromatic rings. The zero-order valence-corrected chi connectivity index (χ0v) is 17.4. The highest BCUT2D eigenvalue weighted by atomic mass is 32.1. The Hall–Kier alpha value is -2.48. The van der Waals surface area contributed by atoms with Crippen LogP contribution < -0.4 is 10.6 Å². The highest BCUT2D eigenvalue weighted by Crippen LogP contribution is 2.29. The lowest BCUT2D eigenvalue weighted by molar-refractivity contribution is 0.102. The van der Waals surface area contributed by atoms with Crippen LogP contribution in [0.15, 0.2) is 24.3 Å². The van der Waals surface area contributed by atoms with Gasteiger partial charge in [-0.2, -0.15) is 0 Å². The average Bonchev–Trinajstić information content (AvgIpc) is 3.20. The van der Waals surface area contributed by atoms with Crippen LogP contribution in [0.5, 0.6) is 0 Å². The molecule has 2 N–H and O–H groups in total. The topological polar surface area (TPSA) is 87.2 Å². The number of nitrogens with zero attached hydrogens (tertiary/aromatic N) is 3. The van der Waals surface area contributed by atoms with Crippen molar-refractivity contribution in [1.29, 1.82) is 0 Å². The summed E-state index contributed by atoms with van der Waals surface area (Å²) in [6, 6.07) is 7.76. The fourth-order valence-electron chi connectivity index (χ4n) is 3.15. The Morgan fingerprint density at radius 3 is 2.86 bits per heavy atom. The summed E-state index contributed by atoms with van der Waals surface area (Å²) in [5.74, 6) is -0.130. The molecule has 1 saturated heterocycles. The van der Waals surface area contributed by atoms with Crippen molar-refractivity contribution in [3.63, 3.8) is 0 Å². The first kappa shape index (κ1) is 20.3. The molecule has 150 valence electrons. The summed E-state index contributed by atoms with van der Waals surface area (Å²) in [4.78, 5) is 26.8. The molecule has 0 spiro atoms. The molecule has 1 fully saturated rings. The number of benzene rings is 1. The summed E-state index contributed by atoms with van der Waals surface area (Å²) in [7, 11) is 0. The van der Waals surface area contributed by atoms with Gasteiger partial charge in [-0.05, 0) is 44.7 Å². The first-order valence-electron chi connectivity index (χ1n) is 9.73. The van der Waals surface area contributed by atoms with Gasteiger partial charge < -0.3 is 15.5 Å². The van der Waals surface area contributed by atoms with Crippen LogP contribution in [0, 0.1) is 6.92 Å². The maximum Gasteiger partial charge on any atom is 0.317 e. The van der Waals surface area contributed by atoms with Crippen LogP contribution >= 0.6 is 11.3 Å². The second-order valence-electron chi connectivity index (χ2n) is 7.26. The van der Waals surface area contributed by atoms with Gasteiger partial charge in [-0.3, -0.25) is 4.79 Å². The van der Waals surface area contributed by atoms with Crippen LogP contribution in [-0.2, 0) is 0 Å². The largest absolute Gasteiger partial charge is 0.336 e. The Labute approximate surface area is 169 Å². The second-order valence-corrected chi connectivity index (χ2v) is 8.27. The number of carbonyl (C=O) groups excluding carboxylic acids is 2. The smallest absolute Gasteiger partial charge is 0.317 e. The summed E-state index contributed by atoms with van der Waals surface area (Å²) >= 11 is 1.31. The Balaban J connectivity index is 1.63. The van der Waals surface area contributed by atoms with Crippen molar-refractivity contribution in [1.82, 2.24) is 20.4 Å². The van der Waals surface area contributed by atoms with Crippen LogP contribution in [-0.4, -0.2) is 46.2 Å². The van der Waals surface area contributed by atoms with E-state index in [4.69, 9.17) is 0 Å². The molecule has 2 atom stereocenters. The maximum atomic E-state index is 12.5. The van der Waals surface area contributed by atoms with Gasteiger partial charge in [0.2, 0.25) is 5.01 Å². The number of amides is 3. The van der Waals surface area contributed by atoms with E-state index in [0.717, 1.165) is 42.1 Å². The molecule has 8 heteroatoms. The summed E-state index contributed by atoms with van der Waals surface area (Å²) in [5.41, 5.74) is 1.77. The van der Waals surface area contributed by atoms with Gasteiger partial charge in [0, 0.05) is 30.7 Å². The quantitative estimate of drug-likeness (QED) is 0.798. The van der Waals surface area contributed by atoms with E-state index >= 15 is 0 Å². The molecule has 0 unspecified atom stereocenters. The normalized spacial score (nSPS) is 17.8. The zero-order chi connectivity index (χ0) is 20.1. The van der Waals surface area contributed by atoms with Gasteiger partial charge in [0.15, 0.2) is 0 Å². The highest BCUT2D eigenvalue weighted by Gasteiger charge is 2.28. The Morgan fingerprint density at radius 1 is 1.32 bits per heavy atom. The van der Waals surface area contributed by atoms with Crippen LogP contribution in [0.4, 0.5) is 10.5 Å². The van der Waals surface area contributed by atoms with E-state index in [0.29, 0.717) is 11.6 Å². The SMILES string of the molecule is CC[C@@H](C)NC(=O)N1CCC[C@H](c2nnc(C(=O)Nc3ccccc3C)s2)C1. The number of anilines is 1. The molecule has 1 aromatic carbocycles. The number of carbonyl (C=O) groups is 2. The van der Waals surface area contributed by atoms with E-state index in [2.05, 4.69) is 27.8 Å². The van der Waals surface area contributed by atoms with E-state index in [1.807, 2.05) is 43.0 Å². The van der Waals surface area contributed by atoms with E-state index in [1.54, 1.807) is 0 Å². The molecular weight excluding hydrogens is 374 g/mol. The minimum absolute atomic E-state index is 0.0268. The Kier molecular flexibility index (Phi) is 6.61. The molecule has 1 aliphatic rings. The van der Waals surface area contributed by atoms with Crippen molar-refractivity contribution in [2.45, 2.75) is 52.0 Å². The third-order valence-corrected chi connectivity index (χ3v) is 6.15. The van der Waals surface area contributed by atoms with E-state index in [-0.39, 0.29) is 23.9 Å². The molecule has 3 amide bonds. The summed E-state index contributed by atoms with van der Waals surface area (Å²) in [6.07, 6.45) is 2.77. The molecule has 0 bridgehead atoms. The van der Waals surface area contributed by atoms with Crippen molar-refractivity contribution >= 4 is 29.0 Å². The van der Waals surface area contributed by atoms with Gasteiger partial charge in [0.25, 0.3) is 5.91 Å². The molecule has 1 aliphatic heterocycles. The third-order valence-electron chi connectivity index (χ3n) is 5.07. The van der Waals surface area contributed by atoms with Crippen molar-refractivity contribution in [2.24, 2.45) is 0 Å². The van der Waals surface area contributed by atoms with E-state index in [9.17, 15) is 9.59 Å². The molecular formula is C20H27N5O2S. The van der Waals surface area contributed by atoms with Gasteiger partial charge in [-0.1, -0.05) is 36.5 Å². The Morgan fingerprint density at radius 2 is 2.11 bits per heavy atom. The molecule has 0 aliphatic carbocycles. The number of nitrogens with one attached hydrogen (secondary N) is 2. The van der Waals surface area contributed by atoms with Crippen LogP contribution in [0.25, 0.3) is 0 Å². The van der Waals surface area contributed by atoms with Gasteiger partial charge >= 0.3 is 6.03 Å². The van der Waals surface area contributed by atoms with Crippen LogP contribution in [0.3, 0.4) is 0 Å². The maximum absolute atomic E-state index is 12.5. The second kappa shape index (κ2) is 9.14. The minimum Gasteiger partial charge on any atom is -0.336 e. The lowest BCUT2D eigenvalue weighted by Gasteiger charge is -2.32. The van der Waals surface area contributed by atoms with Crippen molar-refractivity contribution in [2.75, 3.05) is 18.4 Å². The fourth-order valence-corrected chi connectivity index (χ4v) is 4.01. The third kappa shape index (κ3) is 4.86. The van der Waals surface area contributed by atoms with Gasteiger partial charge in [-0.25, -0.2) is 4.79 Å². The monoisotopic (exact) mass is 401 g/mol. The lowest BCUT2D eigenvalue weighted by atomic mass is 9.99. The average molecular weight is 402 g/mol.